The van der Waals surface area contributed by atoms with Gasteiger partial charge in [-0.2, -0.15) is 0 Å². The third-order valence-electron chi connectivity index (χ3n) is 2.86. The Bertz CT molecular complexity index is 540. The van der Waals surface area contributed by atoms with Crippen LogP contribution in [0.25, 0.3) is 0 Å². The van der Waals surface area contributed by atoms with Crippen molar-refractivity contribution in [1.82, 2.24) is 0 Å². The van der Waals surface area contributed by atoms with Crippen LogP contribution < -0.4 is 14.9 Å². The van der Waals surface area contributed by atoms with Crippen LogP contribution in [0.15, 0.2) is 48.5 Å². The molecule has 0 spiro atoms. The zero-order valence-corrected chi connectivity index (χ0v) is 11.3. The standard InChI is InChI=1S/C15H17BO4/c1-2-19-13-7-9-14(10-8-13)20-11-12-5-3-4-6-15(12)16(17)18/h3-10,17-18H,2,11H2,1H3. The maximum atomic E-state index is 9.28. The summed E-state index contributed by atoms with van der Waals surface area (Å²) in [5, 5.41) is 18.6. The largest absolute Gasteiger partial charge is 0.494 e. The van der Waals surface area contributed by atoms with Gasteiger partial charge >= 0.3 is 7.12 Å². The molecule has 0 heterocycles. The van der Waals surface area contributed by atoms with E-state index in [1.165, 1.54) is 0 Å². The van der Waals surface area contributed by atoms with E-state index in [4.69, 9.17) is 9.47 Å². The van der Waals surface area contributed by atoms with Crippen molar-refractivity contribution in [1.29, 1.82) is 0 Å². The van der Waals surface area contributed by atoms with Crippen molar-refractivity contribution < 1.29 is 19.5 Å². The Hall–Kier alpha value is -1.98. The van der Waals surface area contributed by atoms with E-state index in [1.807, 2.05) is 43.3 Å². The molecular weight excluding hydrogens is 255 g/mol. The Morgan fingerprint density at radius 1 is 0.900 bits per heavy atom. The maximum Gasteiger partial charge on any atom is 0.488 e. The Labute approximate surface area is 118 Å². The van der Waals surface area contributed by atoms with Crippen LogP contribution in [0.2, 0.25) is 0 Å². The summed E-state index contributed by atoms with van der Waals surface area (Å²) in [6.45, 7) is 2.84. The van der Waals surface area contributed by atoms with Crippen LogP contribution >= 0.6 is 0 Å². The Kier molecular flexibility index (Phi) is 5.04. The molecule has 20 heavy (non-hydrogen) atoms. The van der Waals surface area contributed by atoms with Gasteiger partial charge in [-0.1, -0.05) is 24.3 Å². The quantitative estimate of drug-likeness (QED) is 0.779. The van der Waals surface area contributed by atoms with Gasteiger partial charge in [-0.05, 0) is 42.2 Å². The van der Waals surface area contributed by atoms with Gasteiger partial charge in [-0.25, -0.2) is 0 Å². The Balaban J connectivity index is 2.01. The molecule has 0 aliphatic rings. The first-order chi connectivity index (χ1) is 9.70. The first-order valence-electron chi connectivity index (χ1n) is 6.50. The SMILES string of the molecule is CCOc1ccc(OCc2ccccc2B(O)O)cc1. The van der Waals surface area contributed by atoms with E-state index in [1.54, 1.807) is 12.1 Å². The van der Waals surface area contributed by atoms with E-state index >= 15 is 0 Å². The lowest BCUT2D eigenvalue weighted by atomic mass is 9.77. The second-order valence-electron chi connectivity index (χ2n) is 4.27. The van der Waals surface area contributed by atoms with Crippen LogP contribution in [0.4, 0.5) is 0 Å². The van der Waals surface area contributed by atoms with Gasteiger partial charge in [0, 0.05) is 0 Å². The molecule has 0 saturated heterocycles. The molecule has 0 saturated carbocycles. The first kappa shape index (κ1) is 14.4. The number of hydrogen-bond donors (Lipinski definition) is 2. The van der Waals surface area contributed by atoms with Gasteiger partial charge < -0.3 is 19.5 Å². The molecule has 0 radical (unpaired) electrons. The average molecular weight is 272 g/mol. The average Bonchev–Trinajstić information content (AvgIpc) is 2.47. The molecule has 5 heteroatoms. The van der Waals surface area contributed by atoms with E-state index in [0.717, 1.165) is 11.3 Å². The minimum Gasteiger partial charge on any atom is -0.494 e. The molecule has 2 N–H and O–H groups in total. The van der Waals surface area contributed by atoms with Crippen molar-refractivity contribution >= 4 is 12.6 Å². The number of ether oxygens (including phenoxy) is 2. The highest BCUT2D eigenvalue weighted by atomic mass is 16.5. The minimum absolute atomic E-state index is 0.280. The summed E-state index contributed by atoms with van der Waals surface area (Å²) in [4.78, 5) is 0. The van der Waals surface area contributed by atoms with E-state index < -0.39 is 7.12 Å². The smallest absolute Gasteiger partial charge is 0.488 e. The van der Waals surface area contributed by atoms with Crippen LogP contribution in [0.3, 0.4) is 0 Å². The van der Waals surface area contributed by atoms with Gasteiger partial charge in [-0.3, -0.25) is 0 Å². The predicted octanol–water partition coefficient (Wildman–Crippen LogP) is 1.34. The maximum absolute atomic E-state index is 9.28. The molecule has 0 amide bonds. The molecule has 0 atom stereocenters. The van der Waals surface area contributed by atoms with Crippen LogP contribution in [0, 0.1) is 0 Å². The second-order valence-corrected chi connectivity index (χ2v) is 4.27. The van der Waals surface area contributed by atoms with Gasteiger partial charge in [-0.15, -0.1) is 0 Å². The van der Waals surface area contributed by atoms with Gasteiger partial charge in [0.25, 0.3) is 0 Å². The second kappa shape index (κ2) is 6.98. The van der Waals surface area contributed by atoms with Crippen molar-refractivity contribution in [3.05, 3.63) is 54.1 Å². The summed E-state index contributed by atoms with van der Waals surface area (Å²) < 4.78 is 11.0. The summed E-state index contributed by atoms with van der Waals surface area (Å²) in [5.74, 6) is 1.50. The molecule has 2 aromatic carbocycles. The van der Waals surface area contributed by atoms with Gasteiger partial charge in [0.15, 0.2) is 0 Å². The number of hydrogen-bond acceptors (Lipinski definition) is 4. The summed E-state index contributed by atoms with van der Waals surface area (Å²) in [7, 11) is -1.49. The van der Waals surface area contributed by atoms with Gasteiger partial charge in [0.1, 0.15) is 18.1 Å². The fraction of sp³-hybridized carbons (Fsp3) is 0.200. The zero-order valence-electron chi connectivity index (χ0n) is 11.3. The lowest BCUT2D eigenvalue weighted by Gasteiger charge is -2.11. The van der Waals surface area contributed by atoms with E-state index in [9.17, 15) is 10.0 Å². The third-order valence-corrected chi connectivity index (χ3v) is 2.86. The van der Waals surface area contributed by atoms with E-state index in [0.29, 0.717) is 17.8 Å². The topological polar surface area (TPSA) is 58.9 Å². The van der Waals surface area contributed by atoms with Crippen molar-refractivity contribution in [2.24, 2.45) is 0 Å². The molecule has 0 aliphatic carbocycles. The lowest BCUT2D eigenvalue weighted by Crippen LogP contribution is -2.33. The molecule has 0 bridgehead atoms. The highest BCUT2D eigenvalue weighted by Gasteiger charge is 2.15. The van der Waals surface area contributed by atoms with Crippen molar-refractivity contribution in [2.75, 3.05) is 6.61 Å². The monoisotopic (exact) mass is 272 g/mol. The first-order valence-corrected chi connectivity index (χ1v) is 6.50. The lowest BCUT2D eigenvalue weighted by molar-refractivity contribution is 0.304. The van der Waals surface area contributed by atoms with Gasteiger partial charge in [0.05, 0.1) is 6.61 Å². The molecule has 2 rings (SSSR count). The summed E-state index contributed by atoms with van der Waals surface area (Å²) in [6.07, 6.45) is 0. The molecule has 0 fully saturated rings. The van der Waals surface area contributed by atoms with Crippen molar-refractivity contribution in [3.8, 4) is 11.5 Å². The van der Waals surface area contributed by atoms with Crippen molar-refractivity contribution in [2.45, 2.75) is 13.5 Å². The minimum atomic E-state index is -1.49. The fourth-order valence-electron chi connectivity index (χ4n) is 1.88. The number of rotatable bonds is 6. The number of benzene rings is 2. The normalized spacial score (nSPS) is 10.2. The molecule has 104 valence electrons. The summed E-state index contributed by atoms with van der Waals surface area (Å²) >= 11 is 0. The third kappa shape index (κ3) is 3.76. The molecule has 2 aromatic rings. The molecule has 0 unspecified atom stereocenters. The van der Waals surface area contributed by atoms with Crippen LogP contribution in [-0.4, -0.2) is 23.8 Å². The van der Waals surface area contributed by atoms with Gasteiger partial charge in [0.2, 0.25) is 0 Å². The van der Waals surface area contributed by atoms with Crippen LogP contribution in [0.1, 0.15) is 12.5 Å². The highest BCUT2D eigenvalue weighted by Crippen LogP contribution is 2.18. The fourth-order valence-corrected chi connectivity index (χ4v) is 1.88. The molecule has 0 aromatic heterocycles. The molecule has 0 aliphatic heterocycles. The zero-order chi connectivity index (χ0) is 14.4. The molecule has 4 nitrogen and oxygen atoms in total. The summed E-state index contributed by atoms with van der Waals surface area (Å²) in [6, 6.07) is 14.4. The van der Waals surface area contributed by atoms with E-state index in [-0.39, 0.29) is 6.61 Å². The Morgan fingerprint density at radius 3 is 2.10 bits per heavy atom. The van der Waals surface area contributed by atoms with Crippen LogP contribution in [-0.2, 0) is 6.61 Å². The van der Waals surface area contributed by atoms with E-state index in [2.05, 4.69) is 0 Å². The predicted molar refractivity (Wildman–Crippen MR) is 78.2 cm³/mol. The van der Waals surface area contributed by atoms with Crippen LogP contribution in [0.5, 0.6) is 11.5 Å². The van der Waals surface area contributed by atoms with Crippen molar-refractivity contribution in [3.63, 3.8) is 0 Å². The summed E-state index contributed by atoms with van der Waals surface area (Å²) in [5.41, 5.74) is 1.20. The highest BCUT2D eigenvalue weighted by molar-refractivity contribution is 6.59. The molecular formula is C15H17BO4. The Morgan fingerprint density at radius 2 is 1.50 bits per heavy atom.